The summed E-state index contributed by atoms with van der Waals surface area (Å²) >= 11 is 5.05. The van der Waals surface area contributed by atoms with E-state index in [1.807, 2.05) is 24.3 Å². The minimum absolute atomic E-state index is 0.189. The number of halogens is 2. The molecule has 2 rings (SSSR count). The molecule has 6 heteroatoms. The van der Waals surface area contributed by atoms with Crippen LogP contribution in [0.4, 0.5) is 14.5 Å². The molecule has 23 heavy (non-hydrogen) atoms. The van der Waals surface area contributed by atoms with Crippen LogP contribution in [-0.2, 0) is 6.42 Å². The highest BCUT2D eigenvalue weighted by Crippen LogP contribution is 2.19. The maximum Gasteiger partial charge on any atom is 0.170 e. The van der Waals surface area contributed by atoms with E-state index in [9.17, 15) is 8.78 Å². The number of rotatable bonds is 6. The molecule has 0 aromatic heterocycles. The molecule has 0 aliphatic carbocycles. The van der Waals surface area contributed by atoms with Gasteiger partial charge in [-0.15, -0.1) is 0 Å². The van der Waals surface area contributed by atoms with Crippen LogP contribution in [0.5, 0.6) is 5.75 Å². The second-order valence-electron chi connectivity index (χ2n) is 4.89. The van der Waals surface area contributed by atoms with Crippen LogP contribution in [0.1, 0.15) is 12.0 Å². The Hall–Kier alpha value is -2.21. The highest BCUT2D eigenvalue weighted by Gasteiger charge is 2.09. The maximum absolute atomic E-state index is 13.5. The molecular formula is C17H18F2N2OS. The molecule has 0 atom stereocenters. The smallest absolute Gasteiger partial charge is 0.170 e. The summed E-state index contributed by atoms with van der Waals surface area (Å²) < 4.78 is 32.3. The molecular weight excluding hydrogens is 318 g/mol. The standard InChI is InChI=1S/C17H18F2N2OS/c1-22-15-10-3-2-6-12(15)7-5-11-20-17(23)21-16-13(18)8-4-9-14(16)19/h2-4,6,8-10H,5,7,11H2,1H3,(H2,20,21,23). The zero-order valence-electron chi connectivity index (χ0n) is 12.7. The number of hydrogen-bond acceptors (Lipinski definition) is 2. The topological polar surface area (TPSA) is 33.3 Å². The van der Waals surface area contributed by atoms with Gasteiger partial charge in [-0.25, -0.2) is 8.78 Å². The Morgan fingerprint density at radius 3 is 2.48 bits per heavy atom. The molecule has 0 fully saturated rings. The highest BCUT2D eigenvalue weighted by molar-refractivity contribution is 7.80. The minimum atomic E-state index is -0.678. The van der Waals surface area contributed by atoms with Crippen molar-refractivity contribution in [2.45, 2.75) is 12.8 Å². The number of anilines is 1. The second-order valence-corrected chi connectivity index (χ2v) is 5.30. The third-order valence-electron chi connectivity index (χ3n) is 3.30. The lowest BCUT2D eigenvalue weighted by atomic mass is 10.1. The van der Waals surface area contributed by atoms with Gasteiger partial charge >= 0.3 is 0 Å². The average molecular weight is 336 g/mol. The first kappa shape index (κ1) is 17.1. The first-order valence-electron chi connectivity index (χ1n) is 7.22. The van der Waals surface area contributed by atoms with Crippen LogP contribution in [0.15, 0.2) is 42.5 Å². The van der Waals surface area contributed by atoms with Gasteiger partial charge in [-0.3, -0.25) is 0 Å². The summed E-state index contributed by atoms with van der Waals surface area (Å²) in [4.78, 5) is 0. The molecule has 3 nitrogen and oxygen atoms in total. The third-order valence-corrected chi connectivity index (χ3v) is 3.55. The van der Waals surface area contributed by atoms with E-state index < -0.39 is 11.6 Å². The summed E-state index contributed by atoms with van der Waals surface area (Å²) in [5, 5.41) is 5.67. The van der Waals surface area contributed by atoms with Gasteiger partial charge < -0.3 is 15.4 Å². The number of hydrogen-bond donors (Lipinski definition) is 2. The van der Waals surface area contributed by atoms with Gasteiger partial charge in [0.15, 0.2) is 5.11 Å². The van der Waals surface area contributed by atoms with Crippen LogP contribution in [0.3, 0.4) is 0 Å². The number of benzene rings is 2. The molecule has 122 valence electrons. The molecule has 0 bridgehead atoms. The number of thiocarbonyl (C=S) groups is 1. The molecule has 0 saturated heterocycles. The summed E-state index contributed by atoms with van der Waals surface area (Å²) in [6.07, 6.45) is 1.62. The lowest BCUT2D eigenvalue weighted by Gasteiger charge is -2.12. The van der Waals surface area contributed by atoms with E-state index in [1.54, 1.807) is 7.11 Å². The van der Waals surface area contributed by atoms with Crippen molar-refractivity contribution in [1.82, 2.24) is 5.32 Å². The van der Waals surface area contributed by atoms with Crippen molar-refractivity contribution in [2.75, 3.05) is 19.0 Å². The van der Waals surface area contributed by atoms with E-state index in [4.69, 9.17) is 17.0 Å². The molecule has 0 heterocycles. The Kier molecular flexibility index (Phi) is 6.29. The summed E-state index contributed by atoms with van der Waals surface area (Å²) in [7, 11) is 1.64. The molecule has 0 radical (unpaired) electrons. The molecule has 2 aromatic rings. The molecule has 0 aliphatic rings. The first-order valence-corrected chi connectivity index (χ1v) is 7.63. The van der Waals surface area contributed by atoms with Crippen molar-refractivity contribution in [2.24, 2.45) is 0 Å². The van der Waals surface area contributed by atoms with Crippen molar-refractivity contribution in [3.05, 3.63) is 59.7 Å². The van der Waals surface area contributed by atoms with Crippen molar-refractivity contribution < 1.29 is 13.5 Å². The van der Waals surface area contributed by atoms with Gasteiger partial charge in [0.2, 0.25) is 0 Å². The summed E-state index contributed by atoms with van der Waals surface area (Å²) in [5.74, 6) is -0.507. The van der Waals surface area contributed by atoms with E-state index in [0.29, 0.717) is 6.54 Å². The van der Waals surface area contributed by atoms with Crippen LogP contribution in [0.25, 0.3) is 0 Å². The molecule has 0 unspecified atom stereocenters. The fourth-order valence-corrected chi connectivity index (χ4v) is 2.37. The van der Waals surface area contributed by atoms with Gasteiger partial charge in [-0.2, -0.15) is 0 Å². The predicted octanol–water partition coefficient (Wildman–Crippen LogP) is 3.89. The van der Waals surface area contributed by atoms with Gasteiger partial charge in [0, 0.05) is 6.54 Å². The highest BCUT2D eigenvalue weighted by atomic mass is 32.1. The number of methoxy groups -OCH3 is 1. The molecule has 0 spiro atoms. The number of nitrogens with one attached hydrogen (secondary N) is 2. The molecule has 2 N–H and O–H groups in total. The van der Waals surface area contributed by atoms with Gasteiger partial charge in [-0.1, -0.05) is 24.3 Å². The zero-order chi connectivity index (χ0) is 16.7. The number of ether oxygens (including phenoxy) is 1. The monoisotopic (exact) mass is 336 g/mol. The van der Waals surface area contributed by atoms with E-state index in [1.165, 1.54) is 18.2 Å². The predicted molar refractivity (Wildman–Crippen MR) is 91.9 cm³/mol. The van der Waals surface area contributed by atoms with Crippen LogP contribution < -0.4 is 15.4 Å². The molecule has 0 amide bonds. The quantitative estimate of drug-likeness (QED) is 0.619. The van der Waals surface area contributed by atoms with Crippen molar-refractivity contribution >= 4 is 23.0 Å². The van der Waals surface area contributed by atoms with Crippen molar-refractivity contribution in [3.8, 4) is 5.75 Å². The van der Waals surface area contributed by atoms with E-state index in [-0.39, 0.29) is 10.8 Å². The van der Waals surface area contributed by atoms with Crippen LogP contribution >= 0.6 is 12.2 Å². The Labute approximate surface area is 139 Å². The lowest BCUT2D eigenvalue weighted by molar-refractivity contribution is 0.409. The fraction of sp³-hybridized carbons (Fsp3) is 0.235. The normalized spacial score (nSPS) is 10.2. The maximum atomic E-state index is 13.5. The van der Waals surface area contributed by atoms with Crippen molar-refractivity contribution in [1.29, 1.82) is 0 Å². The number of aryl methyl sites for hydroxylation is 1. The summed E-state index contributed by atoms with van der Waals surface area (Å²) in [5.41, 5.74) is 0.866. The summed E-state index contributed by atoms with van der Waals surface area (Å²) in [6, 6.07) is 11.5. The van der Waals surface area contributed by atoms with E-state index >= 15 is 0 Å². The largest absolute Gasteiger partial charge is 0.496 e. The third kappa shape index (κ3) is 4.89. The van der Waals surface area contributed by atoms with Gasteiger partial charge in [-0.05, 0) is 48.8 Å². The Morgan fingerprint density at radius 1 is 1.09 bits per heavy atom. The minimum Gasteiger partial charge on any atom is -0.496 e. The van der Waals surface area contributed by atoms with Gasteiger partial charge in [0.1, 0.15) is 23.1 Å². The van der Waals surface area contributed by atoms with E-state index in [2.05, 4.69) is 10.6 Å². The van der Waals surface area contributed by atoms with E-state index in [0.717, 1.165) is 24.2 Å². The van der Waals surface area contributed by atoms with Gasteiger partial charge in [0.05, 0.1) is 7.11 Å². The van der Waals surface area contributed by atoms with Crippen LogP contribution in [0.2, 0.25) is 0 Å². The molecule has 0 aliphatic heterocycles. The zero-order valence-corrected chi connectivity index (χ0v) is 13.6. The first-order chi connectivity index (χ1) is 11.1. The SMILES string of the molecule is COc1ccccc1CCCNC(=S)Nc1c(F)cccc1F. The number of para-hydroxylation sites is 2. The average Bonchev–Trinajstić information content (AvgIpc) is 2.55. The summed E-state index contributed by atoms with van der Waals surface area (Å²) in [6.45, 7) is 0.583. The second kappa shape index (κ2) is 8.43. The Balaban J connectivity index is 1.79. The fourth-order valence-electron chi connectivity index (χ4n) is 2.17. The van der Waals surface area contributed by atoms with Crippen molar-refractivity contribution in [3.63, 3.8) is 0 Å². The van der Waals surface area contributed by atoms with Gasteiger partial charge in [0.25, 0.3) is 0 Å². The Morgan fingerprint density at radius 2 is 1.78 bits per heavy atom. The lowest BCUT2D eigenvalue weighted by Crippen LogP contribution is -2.30. The van der Waals surface area contributed by atoms with Crippen LogP contribution in [0, 0.1) is 11.6 Å². The molecule has 0 saturated carbocycles. The molecule has 2 aromatic carbocycles. The van der Waals surface area contributed by atoms with Crippen LogP contribution in [-0.4, -0.2) is 18.8 Å². The Bertz CT molecular complexity index is 659.